The lowest BCUT2D eigenvalue weighted by atomic mass is 10.0. The third-order valence-electron chi connectivity index (χ3n) is 3.74. The van der Waals surface area contributed by atoms with Crippen LogP contribution in [0.15, 0.2) is 15.8 Å². The van der Waals surface area contributed by atoms with Gasteiger partial charge in [0.2, 0.25) is 0 Å². The Morgan fingerprint density at radius 1 is 1.04 bits per heavy atom. The molecule has 1 aromatic heterocycles. The molecule has 148 valence electrons. The van der Waals surface area contributed by atoms with Crippen LogP contribution in [0, 0.1) is 6.92 Å². The SMILES string of the molecule is CC(=O)O[C@@H]1[C@H](OC(C)=O)[C@H](OC(C)=O)CO[C@H]1n1cc(C)c(=O)[nH]c1=O. The molecule has 0 spiro atoms. The molecule has 2 heterocycles. The van der Waals surface area contributed by atoms with Crippen molar-refractivity contribution in [2.75, 3.05) is 6.61 Å². The number of hydrogen-bond acceptors (Lipinski definition) is 9. The van der Waals surface area contributed by atoms with E-state index in [4.69, 9.17) is 18.9 Å². The maximum Gasteiger partial charge on any atom is 0.330 e. The number of aromatic amines is 1. The second kappa shape index (κ2) is 8.16. The van der Waals surface area contributed by atoms with E-state index in [0.29, 0.717) is 0 Å². The number of esters is 3. The zero-order chi connectivity index (χ0) is 20.3. The summed E-state index contributed by atoms with van der Waals surface area (Å²) < 4.78 is 22.1. The van der Waals surface area contributed by atoms with Crippen LogP contribution in [0.3, 0.4) is 0 Å². The summed E-state index contributed by atoms with van der Waals surface area (Å²) in [7, 11) is 0. The van der Waals surface area contributed by atoms with E-state index in [0.717, 1.165) is 25.3 Å². The molecule has 11 heteroatoms. The molecule has 0 aliphatic carbocycles. The number of ether oxygens (including phenoxy) is 4. The van der Waals surface area contributed by atoms with Crippen LogP contribution in [0.25, 0.3) is 0 Å². The third kappa shape index (κ3) is 4.82. The average Bonchev–Trinajstić information content (AvgIpc) is 2.53. The minimum atomic E-state index is -1.30. The highest BCUT2D eigenvalue weighted by Gasteiger charge is 2.48. The summed E-state index contributed by atoms with van der Waals surface area (Å²) in [5.74, 6) is -2.10. The number of rotatable bonds is 4. The zero-order valence-electron chi connectivity index (χ0n) is 15.2. The highest BCUT2D eigenvalue weighted by Crippen LogP contribution is 2.29. The van der Waals surface area contributed by atoms with Crippen LogP contribution in [0.2, 0.25) is 0 Å². The molecule has 2 rings (SSSR count). The van der Waals surface area contributed by atoms with Crippen LogP contribution >= 0.6 is 0 Å². The van der Waals surface area contributed by atoms with Crippen molar-refractivity contribution in [3.63, 3.8) is 0 Å². The summed E-state index contributed by atoms with van der Waals surface area (Å²) in [6.07, 6.45) is -3.54. The molecular weight excluding hydrogens is 364 g/mol. The number of H-pyrrole nitrogens is 1. The first-order valence-electron chi connectivity index (χ1n) is 8.05. The fourth-order valence-electron chi connectivity index (χ4n) is 2.74. The fraction of sp³-hybridized carbons (Fsp3) is 0.562. The summed E-state index contributed by atoms with van der Waals surface area (Å²) in [6.45, 7) is 4.66. The van der Waals surface area contributed by atoms with Gasteiger partial charge >= 0.3 is 23.6 Å². The van der Waals surface area contributed by atoms with Gasteiger partial charge in [0, 0.05) is 32.5 Å². The molecule has 0 saturated carbocycles. The van der Waals surface area contributed by atoms with Gasteiger partial charge in [-0.05, 0) is 6.92 Å². The maximum atomic E-state index is 12.2. The van der Waals surface area contributed by atoms with Crippen molar-refractivity contribution >= 4 is 17.9 Å². The Labute approximate surface area is 153 Å². The number of hydrogen-bond donors (Lipinski definition) is 1. The van der Waals surface area contributed by atoms with Crippen LogP contribution < -0.4 is 11.2 Å². The Balaban J connectivity index is 2.51. The number of aromatic nitrogens is 2. The molecular formula is C16H20N2O9. The van der Waals surface area contributed by atoms with Crippen molar-refractivity contribution in [3.8, 4) is 0 Å². The molecule has 1 saturated heterocycles. The molecule has 1 N–H and O–H groups in total. The molecule has 0 unspecified atom stereocenters. The van der Waals surface area contributed by atoms with Crippen molar-refractivity contribution < 1.29 is 33.3 Å². The lowest BCUT2D eigenvalue weighted by Gasteiger charge is -2.40. The van der Waals surface area contributed by atoms with Crippen LogP contribution in [0.5, 0.6) is 0 Å². The van der Waals surface area contributed by atoms with Crippen molar-refractivity contribution in [2.45, 2.75) is 52.2 Å². The first-order chi connectivity index (χ1) is 12.6. The Morgan fingerprint density at radius 3 is 2.15 bits per heavy atom. The summed E-state index contributed by atoms with van der Waals surface area (Å²) in [6, 6.07) is 0. The molecule has 1 fully saturated rings. The van der Waals surface area contributed by atoms with Crippen molar-refractivity contribution in [2.24, 2.45) is 0 Å². The van der Waals surface area contributed by atoms with Crippen LogP contribution in [0.1, 0.15) is 32.6 Å². The molecule has 1 aromatic rings. The number of carbonyl (C=O) groups excluding carboxylic acids is 3. The lowest BCUT2D eigenvalue weighted by molar-refractivity contribution is -0.240. The van der Waals surface area contributed by atoms with E-state index < -0.39 is 53.7 Å². The molecule has 11 nitrogen and oxygen atoms in total. The zero-order valence-corrected chi connectivity index (χ0v) is 15.2. The summed E-state index contributed by atoms with van der Waals surface area (Å²) >= 11 is 0. The number of aryl methyl sites for hydroxylation is 1. The van der Waals surface area contributed by atoms with Crippen molar-refractivity contribution in [1.29, 1.82) is 0 Å². The normalized spacial score (nSPS) is 24.7. The predicted octanol–water partition coefficient (Wildman–Crippen LogP) is -0.831. The Morgan fingerprint density at radius 2 is 1.59 bits per heavy atom. The largest absolute Gasteiger partial charge is 0.456 e. The standard InChI is InChI=1S/C16H20N2O9/c1-7-5-18(16(23)17-14(7)22)15-13(27-10(4)21)12(26-9(3)20)11(6-24-15)25-8(2)19/h5,11-13,15H,6H2,1-4H3,(H,17,22,23)/t11-,12-,13-,15-/m1/s1. The molecule has 4 atom stereocenters. The van der Waals surface area contributed by atoms with Gasteiger partial charge in [-0.15, -0.1) is 0 Å². The maximum absolute atomic E-state index is 12.2. The predicted molar refractivity (Wildman–Crippen MR) is 87.7 cm³/mol. The van der Waals surface area contributed by atoms with Gasteiger partial charge in [0.05, 0.1) is 6.61 Å². The molecule has 27 heavy (non-hydrogen) atoms. The van der Waals surface area contributed by atoms with E-state index in [1.807, 2.05) is 0 Å². The van der Waals surface area contributed by atoms with E-state index in [1.165, 1.54) is 13.1 Å². The second-order valence-electron chi connectivity index (χ2n) is 6.00. The minimum Gasteiger partial charge on any atom is -0.456 e. The highest BCUT2D eigenvalue weighted by molar-refractivity contribution is 5.68. The average molecular weight is 384 g/mol. The first-order valence-corrected chi connectivity index (χ1v) is 8.05. The van der Waals surface area contributed by atoms with Gasteiger partial charge in [0.1, 0.15) is 0 Å². The van der Waals surface area contributed by atoms with E-state index in [-0.39, 0.29) is 12.2 Å². The molecule has 1 aliphatic heterocycles. The quantitative estimate of drug-likeness (QED) is 0.519. The van der Waals surface area contributed by atoms with Gasteiger partial charge in [-0.3, -0.25) is 28.7 Å². The number of nitrogens with zero attached hydrogens (tertiary/aromatic N) is 1. The van der Waals surface area contributed by atoms with E-state index in [9.17, 15) is 24.0 Å². The van der Waals surface area contributed by atoms with Gasteiger partial charge in [-0.2, -0.15) is 0 Å². The van der Waals surface area contributed by atoms with Gasteiger partial charge in [-0.25, -0.2) is 4.79 Å². The summed E-state index contributed by atoms with van der Waals surface area (Å²) in [5.41, 5.74) is -1.17. The van der Waals surface area contributed by atoms with Gasteiger partial charge < -0.3 is 18.9 Å². The van der Waals surface area contributed by atoms with Gasteiger partial charge in [-0.1, -0.05) is 0 Å². The number of carbonyl (C=O) groups is 3. The first kappa shape index (κ1) is 20.4. The lowest BCUT2D eigenvalue weighted by Crippen LogP contribution is -2.57. The number of nitrogens with one attached hydrogen (secondary N) is 1. The Hall–Kier alpha value is -2.95. The molecule has 0 amide bonds. The fourth-order valence-corrected chi connectivity index (χ4v) is 2.74. The Kier molecular flexibility index (Phi) is 6.16. The van der Waals surface area contributed by atoms with Crippen LogP contribution in [-0.4, -0.2) is 52.4 Å². The molecule has 0 radical (unpaired) electrons. The smallest absolute Gasteiger partial charge is 0.330 e. The summed E-state index contributed by atoms with van der Waals surface area (Å²) in [5, 5.41) is 0. The highest BCUT2D eigenvalue weighted by atomic mass is 16.6. The van der Waals surface area contributed by atoms with Crippen LogP contribution in [0.4, 0.5) is 0 Å². The second-order valence-corrected chi connectivity index (χ2v) is 6.00. The molecule has 1 aliphatic rings. The van der Waals surface area contributed by atoms with E-state index >= 15 is 0 Å². The van der Waals surface area contributed by atoms with Gasteiger partial charge in [0.25, 0.3) is 5.56 Å². The van der Waals surface area contributed by atoms with E-state index in [1.54, 1.807) is 0 Å². The summed E-state index contributed by atoms with van der Waals surface area (Å²) in [4.78, 5) is 60.4. The van der Waals surface area contributed by atoms with Crippen molar-refractivity contribution in [3.05, 3.63) is 32.6 Å². The van der Waals surface area contributed by atoms with Crippen molar-refractivity contribution in [1.82, 2.24) is 9.55 Å². The molecule has 0 bridgehead atoms. The van der Waals surface area contributed by atoms with E-state index in [2.05, 4.69) is 4.98 Å². The monoisotopic (exact) mass is 384 g/mol. The van der Waals surface area contributed by atoms with Gasteiger partial charge in [0.15, 0.2) is 24.5 Å². The topological polar surface area (TPSA) is 143 Å². The minimum absolute atomic E-state index is 0.214. The van der Waals surface area contributed by atoms with Crippen LogP contribution in [-0.2, 0) is 33.3 Å². The Bertz CT molecular complexity index is 856. The third-order valence-corrected chi connectivity index (χ3v) is 3.74. The molecule has 0 aromatic carbocycles.